The summed E-state index contributed by atoms with van der Waals surface area (Å²) < 4.78 is 0. The fourth-order valence-electron chi connectivity index (χ4n) is 0.838. The number of nitrogens with one attached hydrogen (secondary N) is 1. The Labute approximate surface area is 60.2 Å². The van der Waals surface area contributed by atoms with Crippen LogP contribution in [0.15, 0.2) is 11.2 Å². The molecule has 1 aromatic rings. The molecule has 1 rings (SSSR count). The molecule has 1 N–H and O–H groups in total. The van der Waals surface area contributed by atoms with Gasteiger partial charge in [0.1, 0.15) is 0 Å². The molecule has 0 aromatic carbocycles. The van der Waals surface area contributed by atoms with Crippen LogP contribution in [0.3, 0.4) is 0 Å². The molecule has 0 saturated carbocycles. The van der Waals surface area contributed by atoms with E-state index < -0.39 is 0 Å². The van der Waals surface area contributed by atoms with Gasteiger partial charge in [0.25, 0.3) is 0 Å². The lowest BCUT2D eigenvalue weighted by atomic mass is 10.1. The van der Waals surface area contributed by atoms with E-state index >= 15 is 0 Å². The Morgan fingerprint density at radius 3 is 2.80 bits per heavy atom. The number of aromatic nitrogens is 2. The molecule has 1 aromatic heterocycles. The average Bonchev–Trinajstić information content (AvgIpc) is 2.33. The van der Waals surface area contributed by atoms with E-state index in [1.54, 1.807) is 6.20 Å². The molecule has 3 heteroatoms. The molecular formula is C7H11N3. The monoisotopic (exact) mass is 137 g/mol. The Bertz CT molecular complexity index is 225. The van der Waals surface area contributed by atoms with Gasteiger partial charge in [-0.15, -0.1) is 0 Å². The highest BCUT2D eigenvalue weighted by Gasteiger charge is 2.05. The topological polar surface area (TPSA) is 41.0 Å². The Kier molecular flexibility index (Phi) is 1.85. The Balaban J connectivity index is 3.01. The third-order valence-electron chi connectivity index (χ3n) is 1.43. The molecule has 54 valence electrons. The highest BCUT2D eigenvalue weighted by molar-refractivity contribution is 5.45. The zero-order valence-electron chi connectivity index (χ0n) is 6.26. The molecular weight excluding hydrogens is 126 g/mol. The van der Waals surface area contributed by atoms with Gasteiger partial charge in [-0.05, 0) is 12.6 Å². The second kappa shape index (κ2) is 2.64. The molecule has 0 aliphatic rings. The Hall–Kier alpha value is -1.12. The predicted octanol–water partition coefficient (Wildman–Crippen LogP) is 1.87. The summed E-state index contributed by atoms with van der Waals surface area (Å²) in [6, 6.07) is 0. The van der Waals surface area contributed by atoms with Crippen molar-refractivity contribution in [3.8, 4) is 0 Å². The molecule has 0 atom stereocenters. The maximum atomic E-state index is 3.86. The van der Waals surface area contributed by atoms with Gasteiger partial charge in [0.15, 0.2) is 5.82 Å². The first kappa shape index (κ1) is 6.99. The van der Waals surface area contributed by atoms with E-state index in [1.807, 2.05) is 0 Å². The minimum Gasteiger partial charge on any atom is -0.261 e. The highest BCUT2D eigenvalue weighted by Crippen LogP contribution is 2.22. The molecule has 3 nitrogen and oxygen atoms in total. The van der Waals surface area contributed by atoms with Crippen molar-refractivity contribution in [2.75, 3.05) is 0 Å². The summed E-state index contributed by atoms with van der Waals surface area (Å²) in [4.78, 5) is 3.78. The van der Waals surface area contributed by atoms with Crippen LogP contribution in [-0.4, -0.2) is 16.9 Å². The summed E-state index contributed by atoms with van der Waals surface area (Å²) in [6.45, 7) is 7.62. The van der Waals surface area contributed by atoms with Crippen LogP contribution in [0.25, 0.3) is 0 Å². The third kappa shape index (κ3) is 1.07. The van der Waals surface area contributed by atoms with Gasteiger partial charge in [0, 0.05) is 5.56 Å². The van der Waals surface area contributed by atoms with Gasteiger partial charge in [0.05, 0.1) is 6.20 Å². The zero-order valence-corrected chi connectivity index (χ0v) is 6.26. The van der Waals surface area contributed by atoms with Crippen molar-refractivity contribution in [2.45, 2.75) is 19.8 Å². The molecule has 0 aliphatic heterocycles. The summed E-state index contributed by atoms with van der Waals surface area (Å²) in [5.74, 6) is 1.24. The van der Waals surface area contributed by atoms with Crippen molar-refractivity contribution < 1.29 is 0 Å². The Morgan fingerprint density at radius 1 is 1.70 bits per heavy atom. The molecule has 10 heavy (non-hydrogen) atoms. The van der Waals surface area contributed by atoms with E-state index in [4.69, 9.17) is 0 Å². The summed E-state index contributed by atoms with van der Waals surface area (Å²) in [7, 11) is 0. The summed E-state index contributed by atoms with van der Waals surface area (Å²) >= 11 is 0. The highest BCUT2D eigenvalue weighted by atomic mass is 15.2. The first-order chi connectivity index (χ1) is 4.75. The lowest BCUT2D eigenvalue weighted by Crippen LogP contribution is -1.82. The van der Waals surface area contributed by atoms with E-state index in [-0.39, 0.29) is 0 Å². The van der Waals surface area contributed by atoms with Crippen LogP contribution in [0.2, 0.25) is 0 Å². The first-order valence-corrected chi connectivity index (χ1v) is 3.25. The van der Waals surface area contributed by atoms with E-state index in [9.17, 15) is 0 Å². The Morgan fingerprint density at radius 2 is 2.40 bits per heavy atom. The van der Waals surface area contributed by atoms with Gasteiger partial charge in [-0.2, -0.15) is 5.10 Å². The normalized spacial score (nSPS) is 10.3. The standard InChI is InChI=1S/C7H11N3/c1-5(2)6-4-9-10-7(6)8-3/h4-5H,3H2,1-2H3,(H,9,10). The van der Waals surface area contributed by atoms with Gasteiger partial charge in [-0.25, -0.2) is 4.99 Å². The fraction of sp³-hybridized carbons (Fsp3) is 0.429. The number of H-pyrrole nitrogens is 1. The molecule has 0 radical (unpaired) electrons. The number of aromatic amines is 1. The predicted molar refractivity (Wildman–Crippen MR) is 41.9 cm³/mol. The molecule has 1 heterocycles. The van der Waals surface area contributed by atoms with Crippen LogP contribution >= 0.6 is 0 Å². The van der Waals surface area contributed by atoms with Crippen molar-refractivity contribution in [3.63, 3.8) is 0 Å². The average molecular weight is 137 g/mol. The van der Waals surface area contributed by atoms with Gasteiger partial charge < -0.3 is 0 Å². The van der Waals surface area contributed by atoms with Crippen LogP contribution in [0.5, 0.6) is 0 Å². The molecule has 0 spiro atoms. The van der Waals surface area contributed by atoms with Crippen LogP contribution in [-0.2, 0) is 0 Å². The maximum Gasteiger partial charge on any atom is 0.150 e. The van der Waals surface area contributed by atoms with Crippen LogP contribution in [0, 0.1) is 0 Å². The molecule has 0 saturated heterocycles. The van der Waals surface area contributed by atoms with Gasteiger partial charge in [0.2, 0.25) is 0 Å². The van der Waals surface area contributed by atoms with Crippen molar-refractivity contribution in [1.29, 1.82) is 0 Å². The maximum absolute atomic E-state index is 3.86. The van der Waals surface area contributed by atoms with Gasteiger partial charge >= 0.3 is 0 Å². The largest absolute Gasteiger partial charge is 0.261 e. The van der Waals surface area contributed by atoms with Crippen molar-refractivity contribution in [1.82, 2.24) is 10.2 Å². The van der Waals surface area contributed by atoms with Gasteiger partial charge in [-0.1, -0.05) is 13.8 Å². The fourth-order valence-corrected chi connectivity index (χ4v) is 0.838. The second-order valence-corrected chi connectivity index (χ2v) is 2.49. The summed E-state index contributed by atoms with van der Waals surface area (Å²) in [6.07, 6.45) is 1.79. The number of aliphatic imine (C=N–C) groups is 1. The minimum absolute atomic E-state index is 0.458. The molecule has 0 bridgehead atoms. The van der Waals surface area contributed by atoms with E-state index in [2.05, 4.69) is 35.8 Å². The number of hydrogen-bond acceptors (Lipinski definition) is 2. The quantitative estimate of drug-likeness (QED) is 0.621. The lowest BCUT2D eigenvalue weighted by Gasteiger charge is -1.99. The molecule has 0 fully saturated rings. The minimum atomic E-state index is 0.458. The molecule has 0 amide bonds. The van der Waals surface area contributed by atoms with Crippen LogP contribution in [0.4, 0.5) is 5.82 Å². The second-order valence-electron chi connectivity index (χ2n) is 2.49. The summed E-state index contributed by atoms with van der Waals surface area (Å²) in [5, 5.41) is 6.61. The van der Waals surface area contributed by atoms with E-state index in [0.29, 0.717) is 5.92 Å². The third-order valence-corrected chi connectivity index (χ3v) is 1.43. The molecule has 0 unspecified atom stereocenters. The van der Waals surface area contributed by atoms with Crippen LogP contribution in [0.1, 0.15) is 25.3 Å². The van der Waals surface area contributed by atoms with E-state index in [1.165, 1.54) is 0 Å². The van der Waals surface area contributed by atoms with E-state index in [0.717, 1.165) is 11.4 Å². The number of nitrogens with zero attached hydrogens (tertiary/aromatic N) is 2. The van der Waals surface area contributed by atoms with Crippen molar-refractivity contribution in [3.05, 3.63) is 11.8 Å². The smallest absolute Gasteiger partial charge is 0.150 e. The SMILES string of the molecule is C=Nc1[nH]ncc1C(C)C. The van der Waals surface area contributed by atoms with Gasteiger partial charge in [-0.3, -0.25) is 5.10 Å². The molecule has 0 aliphatic carbocycles. The van der Waals surface area contributed by atoms with Crippen molar-refractivity contribution >= 4 is 12.5 Å². The lowest BCUT2D eigenvalue weighted by molar-refractivity contribution is 0.868. The number of hydrogen-bond donors (Lipinski definition) is 1. The summed E-state index contributed by atoms with van der Waals surface area (Å²) in [5.41, 5.74) is 1.12. The first-order valence-electron chi connectivity index (χ1n) is 3.25. The number of rotatable bonds is 2. The van der Waals surface area contributed by atoms with Crippen LogP contribution < -0.4 is 0 Å². The zero-order chi connectivity index (χ0) is 7.56. The van der Waals surface area contributed by atoms with Crippen molar-refractivity contribution in [2.24, 2.45) is 4.99 Å².